The molecule has 0 unspecified atom stereocenters. The third-order valence-electron chi connectivity index (χ3n) is 2.09. The van der Waals surface area contributed by atoms with Gasteiger partial charge >= 0.3 is 13.1 Å². The molecule has 0 aliphatic heterocycles. The summed E-state index contributed by atoms with van der Waals surface area (Å²) in [6.07, 6.45) is 0.769. The summed E-state index contributed by atoms with van der Waals surface area (Å²) in [4.78, 5) is 11.3. The van der Waals surface area contributed by atoms with Gasteiger partial charge in [0.05, 0.1) is 5.69 Å². The van der Waals surface area contributed by atoms with E-state index in [-0.39, 0.29) is 11.2 Å². The molecule has 92 valence electrons. The topological polar surface area (TPSA) is 81.6 Å². The molecule has 7 heteroatoms. The predicted octanol–water partition coefficient (Wildman–Crippen LogP) is 0.0370. The molecule has 1 aromatic rings. The Morgan fingerprint density at radius 3 is 2.76 bits per heavy atom. The molecule has 0 saturated heterocycles. The van der Waals surface area contributed by atoms with Crippen LogP contribution in [0.2, 0.25) is 0 Å². The largest absolute Gasteiger partial charge is 0.491 e. The van der Waals surface area contributed by atoms with Crippen molar-refractivity contribution in [1.82, 2.24) is 5.32 Å². The van der Waals surface area contributed by atoms with Crippen molar-refractivity contribution < 1.29 is 19.2 Å². The maximum Gasteiger partial charge on any atom is 0.491 e. The summed E-state index contributed by atoms with van der Waals surface area (Å²) in [6.45, 7) is 2.37. The summed E-state index contributed by atoms with van der Waals surface area (Å²) in [5, 5.41) is 22.6. The second kappa shape index (κ2) is 6.22. The zero-order chi connectivity index (χ0) is 12.8. The van der Waals surface area contributed by atoms with E-state index in [9.17, 15) is 9.18 Å². The van der Waals surface area contributed by atoms with Gasteiger partial charge in [-0.05, 0) is 12.5 Å². The Morgan fingerprint density at radius 1 is 1.47 bits per heavy atom. The summed E-state index contributed by atoms with van der Waals surface area (Å²) < 4.78 is 13.6. The van der Waals surface area contributed by atoms with E-state index in [0.717, 1.165) is 6.42 Å². The van der Waals surface area contributed by atoms with Crippen molar-refractivity contribution in [3.8, 4) is 0 Å². The molecule has 17 heavy (non-hydrogen) atoms. The van der Waals surface area contributed by atoms with Gasteiger partial charge in [-0.1, -0.05) is 19.1 Å². The number of halogens is 1. The quantitative estimate of drug-likeness (QED) is 0.561. The van der Waals surface area contributed by atoms with E-state index in [1.165, 1.54) is 18.2 Å². The molecule has 0 aromatic heterocycles. The second-order valence-electron chi connectivity index (χ2n) is 3.46. The molecule has 1 aromatic carbocycles. The number of anilines is 1. The van der Waals surface area contributed by atoms with Crippen molar-refractivity contribution in [2.45, 2.75) is 13.3 Å². The molecular weight excluding hydrogens is 226 g/mol. The van der Waals surface area contributed by atoms with E-state index in [4.69, 9.17) is 10.0 Å². The van der Waals surface area contributed by atoms with Crippen molar-refractivity contribution in [3.05, 3.63) is 24.0 Å². The van der Waals surface area contributed by atoms with E-state index in [1.54, 1.807) is 0 Å². The van der Waals surface area contributed by atoms with E-state index in [0.29, 0.717) is 6.54 Å². The summed E-state index contributed by atoms with van der Waals surface area (Å²) in [6, 6.07) is 3.46. The third kappa shape index (κ3) is 3.72. The highest BCUT2D eigenvalue weighted by molar-refractivity contribution is 6.58. The van der Waals surface area contributed by atoms with Gasteiger partial charge in [-0.25, -0.2) is 9.18 Å². The normalized spacial score (nSPS) is 9.88. The summed E-state index contributed by atoms with van der Waals surface area (Å²) in [5.41, 5.74) is -0.373. The minimum absolute atomic E-state index is 0.0933. The Kier molecular flexibility index (Phi) is 4.93. The summed E-state index contributed by atoms with van der Waals surface area (Å²) in [7, 11) is -1.91. The van der Waals surface area contributed by atoms with Crippen molar-refractivity contribution in [1.29, 1.82) is 0 Å². The van der Waals surface area contributed by atoms with E-state index < -0.39 is 19.0 Å². The first-order valence-corrected chi connectivity index (χ1v) is 5.25. The van der Waals surface area contributed by atoms with Crippen molar-refractivity contribution in [2.75, 3.05) is 11.9 Å². The van der Waals surface area contributed by atoms with E-state index in [2.05, 4.69) is 10.6 Å². The molecule has 0 aliphatic carbocycles. The fourth-order valence-corrected chi connectivity index (χ4v) is 1.25. The summed E-state index contributed by atoms with van der Waals surface area (Å²) in [5.74, 6) is -0.853. The van der Waals surface area contributed by atoms with Crippen LogP contribution in [0.25, 0.3) is 0 Å². The number of rotatable bonds is 4. The van der Waals surface area contributed by atoms with Gasteiger partial charge in [0.1, 0.15) is 5.82 Å². The van der Waals surface area contributed by atoms with Gasteiger partial charge in [-0.2, -0.15) is 0 Å². The van der Waals surface area contributed by atoms with E-state index in [1.807, 2.05) is 6.92 Å². The average molecular weight is 240 g/mol. The molecule has 0 atom stereocenters. The number of benzene rings is 1. The first-order valence-electron chi connectivity index (χ1n) is 5.25. The third-order valence-corrected chi connectivity index (χ3v) is 2.09. The molecule has 0 spiro atoms. The Labute approximate surface area is 98.8 Å². The average Bonchev–Trinajstić information content (AvgIpc) is 2.28. The van der Waals surface area contributed by atoms with Crippen LogP contribution in [0.5, 0.6) is 0 Å². The molecule has 0 heterocycles. The maximum atomic E-state index is 13.6. The van der Waals surface area contributed by atoms with Crippen LogP contribution in [0.15, 0.2) is 18.2 Å². The number of carbonyl (C=O) groups is 1. The number of hydrogen-bond donors (Lipinski definition) is 4. The lowest BCUT2D eigenvalue weighted by atomic mass is 9.79. The number of carbonyl (C=O) groups excluding carboxylic acids is 1. The Hall–Kier alpha value is -1.60. The number of urea groups is 1. The molecule has 0 bridgehead atoms. The Balaban J connectivity index is 2.78. The van der Waals surface area contributed by atoms with Crippen LogP contribution in [0.3, 0.4) is 0 Å². The fraction of sp³-hybridized carbons (Fsp3) is 0.300. The summed E-state index contributed by atoms with van der Waals surface area (Å²) >= 11 is 0. The number of amides is 2. The van der Waals surface area contributed by atoms with Gasteiger partial charge in [-0.15, -0.1) is 0 Å². The molecule has 0 saturated carbocycles. The van der Waals surface area contributed by atoms with Gasteiger partial charge in [0.15, 0.2) is 0 Å². The van der Waals surface area contributed by atoms with Crippen LogP contribution in [0, 0.1) is 5.82 Å². The Morgan fingerprint density at radius 2 is 2.18 bits per heavy atom. The zero-order valence-corrected chi connectivity index (χ0v) is 9.40. The standard InChI is InChI=1S/C10H14BFN2O3/c1-2-6-13-10(15)14-8-5-3-4-7(9(8)12)11(16)17/h3-5,16-17H,2,6H2,1H3,(H2,13,14,15). The van der Waals surface area contributed by atoms with Crippen LogP contribution < -0.4 is 16.1 Å². The maximum absolute atomic E-state index is 13.6. The first kappa shape index (κ1) is 13.5. The molecule has 5 nitrogen and oxygen atoms in total. The lowest BCUT2D eigenvalue weighted by molar-refractivity contribution is 0.252. The molecule has 0 fully saturated rings. The molecule has 4 N–H and O–H groups in total. The number of nitrogens with one attached hydrogen (secondary N) is 2. The van der Waals surface area contributed by atoms with Gasteiger partial charge in [0.2, 0.25) is 0 Å². The van der Waals surface area contributed by atoms with Crippen molar-refractivity contribution in [2.24, 2.45) is 0 Å². The smallest absolute Gasteiger partial charge is 0.423 e. The molecule has 0 aliphatic rings. The fourth-order valence-electron chi connectivity index (χ4n) is 1.25. The molecule has 2 amide bonds. The number of hydrogen-bond acceptors (Lipinski definition) is 3. The van der Waals surface area contributed by atoms with Crippen LogP contribution in [-0.4, -0.2) is 29.7 Å². The lowest BCUT2D eigenvalue weighted by Gasteiger charge is -2.10. The SMILES string of the molecule is CCCNC(=O)Nc1cccc(B(O)O)c1F. The van der Waals surface area contributed by atoms with Crippen LogP contribution in [0.1, 0.15) is 13.3 Å². The van der Waals surface area contributed by atoms with Gasteiger partial charge in [0, 0.05) is 12.0 Å². The van der Waals surface area contributed by atoms with E-state index >= 15 is 0 Å². The lowest BCUT2D eigenvalue weighted by Crippen LogP contribution is -2.35. The minimum Gasteiger partial charge on any atom is -0.423 e. The Bertz CT molecular complexity index is 401. The van der Waals surface area contributed by atoms with Crippen LogP contribution in [0.4, 0.5) is 14.9 Å². The molecule has 1 rings (SSSR count). The van der Waals surface area contributed by atoms with Gasteiger partial charge in [-0.3, -0.25) is 0 Å². The van der Waals surface area contributed by atoms with Gasteiger partial charge in [0.25, 0.3) is 0 Å². The highest BCUT2D eigenvalue weighted by Crippen LogP contribution is 2.11. The zero-order valence-electron chi connectivity index (χ0n) is 9.40. The van der Waals surface area contributed by atoms with Crippen LogP contribution in [-0.2, 0) is 0 Å². The van der Waals surface area contributed by atoms with Crippen molar-refractivity contribution >= 4 is 24.3 Å². The molecule has 0 radical (unpaired) electrons. The minimum atomic E-state index is -1.91. The predicted molar refractivity (Wildman–Crippen MR) is 63.5 cm³/mol. The highest BCUT2D eigenvalue weighted by Gasteiger charge is 2.19. The second-order valence-corrected chi connectivity index (χ2v) is 3.46. The highest BCUT2D eigenvalue weighted by atomic mass is 19.1. The molecular formula is C10H14BFN2O3. The first-order chi connectivity index (χ1) is 8.06. The van der Waals surface area contributed by atoms with Crippen molar-refractivity contribution in [3.63, 3.8) is 0 Å². The monoisotopic (exact) mass is 240 g/mol. The van der Waals surface area contributed by atoms with Gasteiger partial charge < -0.3 is 20.7 Å². The van der Waals surface area contributed by atoms with Crippen LogP contribution >= 0.6 is 0 Å².